The summed E-state index contributed by atoms with van der Waals surface area (Å²) in [4.78, 5) is 112. The summed E-state index contributed by atoms with van der Waals surface area (Å²) in [5.41, 5.74) is 3.49. The lowest BCUT2D eigenvalue weighted by atomic mass is 9.91. The Balaban J connectivity index is -0.000000468. The molecule has 30 heteroatoms. The highest BCUT2D eigenvalue weighted by atomic mass is 16.2. The summed E-state index contributed by atoms with van der Waals surface area (Å²) >= 11 is 0. The Labute approximate surface area is 846 Å². The quantitative estimate of drug-likeness (QED) is 0.132. The molecule has 6 heterocycles. The summed E-state index contributed by atoms with van der Waals surface area (Å²) < 4.78 is 0. The van der Waals surface area contributed by atoms with Crippen molar-refractivity contribution in [2.75, 3.05) is 292 Å². The number of aliphatic imine (C=N–C) groups is 8. The molecule has 0 aliphatic carbocycles. The molecule has 5 aliphatic rings. The molecule has 0 unspecified atom stereocenters. The van der Waals surface area contributed by atoms with E-state index in [4.69, 9.17) is 4.99 Å². The van der Waals surface area contributed by atoms with E-state index in [0.717, 1.165) is 166 Å². The van der Waals surface area contributed by atoms with Gasteiger partial charge in [0.1, 0.15) is 6.54 Å². The van der Waals surface area contributed by atoms with Crippen molar-refractivity contribution < 1.29 is 14.4 Å². The van der Waals surface area contributed by atoms with E-state index in [1.165, 1.54) is 5.84 Å². The number of carbonyl (C=O) groups excluding carboxylic acids is 3. The zero-order valence-electron chi connectivity index (χ0n) is 101. The zero-order valence-corrected chi connectivity index (χ0v) is 101. The fraction of sp³-hybridized carbons (Fsp3) is 0.860. The predicted octanol–water partition coefficient (Wildman–Crippen LogP) is 17.7. The first-order valence-electron chi connectivity index (χ1n) is 49.7. The molecule has 0 aromatic carbocycles. The first-order chi connectivity index (χ1) is 61.2. The molecule has 1 aromatic heterocycles. The van der Waals surface area contributed by atoms with Gasteiger partial charge in [0.2, 0.25) is 11.9 Å². The van der Waals surface area contributed by atoms with Gasteiger partial charge in [-0.25, -0.2) is 19.8 Å². The Kier molecular flexibility index (Phi) is 61.4. The van der Waals surface area contributed by atoms with Gasteiger partial charge in [-0.05, 0) is 86.7 Å². The van der Waals surface area contributed by atoms with E-state index in [9.17, 15) is 14.4 Å². The van der Waals surface area contributed by atoms with Crippen LogP contribution in [0.5, 0.6) is 0 Å². The van der Waals surface area contributed by atoms with Gasteiger partial charge in [0, 0.05) is 277 Å². The van der Waals surface area contributed by atoms with Crippen LogP contribution in [0.15, 0.2) is 58.4 Å². The Morgan fingerprint density at radius 3 is 1.07 bits per heavy atom. The number of anilines is 1. The Hall–Kier alpha value is -7.79. The molecule has 1 aromatic rings. The molecule has 0 fully saturated rings. The van der Waals surface area contributed by atoms with E-state index in [2.05, 4.69) is 388 Å². The van der Waals surface area contributed by atoms with Crippen LogP contribution in [0.4, 0.5) is 10.7 Å². The molecule has 6 rings (SSSR count). The summed E-state index contributed by atoms with van der Waals surface area (Å²) in [6.45, 7) is 95.9. The first kappa shape index (κ1) is 138. The number of hydrogen-bond donors (Lipinski definition) is 0. The van der Waals surface area contributed by atoms with E-state index in [1.54, 1.807) is 53.1 Å². The summed E-state index contributed by atoms with van der Waals surface area (Å²) in [7, 11) is 47.6. The third-order valence-corrected chi connectivity index (χ3v) is 19.4. The highest BCUT2D eigenvalue weighted by Gasteiger charge is 2.32. The molecule has 0 atom stereocenters. The van der Waals surface area contributed by atoms with Gasteiger partial charge in [0.05, 0.1) is 37.1 Å². The van der Waals surface area contributed by atoms with Crippen LogP contribution < -0.4 is 4.90 Å². The molecule has 30 nitrogen and oxygen atoms in total. The zero-order chi connectivity index (χ0) is 109. The number of likely N-dealkylation sites (N-methyl/N-ethyl adjacent to an activating group) is 5. The normalized spacial score (nSPS) is 15.4. The molecule has 0 saturated carbocycles. The van der Waals surface area contributed by atoms with E-state index in [-0.39, 0.29) is 39.5 Å². The van der Waals surface area contributed by atoms with Gasteiger partial charge < -0.3 is 78.4 Å². The van der Waals surface area contributed by atoms with Crippen molar-refractivity contribution in [1.29, 1.82) is 0 Å². The number of carbonyl (C=O) groups is 3. The lowest BCUT2D eigenvalue weighted by molar-refractivity contribution is -0.125. The molecule has 0 N–H and O–H groups in total. The van der Waals surface area contributed by atoms with Crippen LogP contribution in [0.2, 0.25) is 0 Å². The maximum atomic E-state index is 12.0. The summed E-state index contributed by atoms with van der Waals surface area (Å²) in [6, 6.07) is 1.89. The lowest BCUT2D eigenvalue weighted by Gasteiger charge is -2.40. The van der Waals surface area contributed by atoms with Crippen LogP contribution >= 0.6 is 0 Å². The number of amidine groups is 4. The van der Waals surface area contributed by atoms with Crippen molar-refractivity contribution in [3.05, 3.63) is 18.5 Å². The minimum absolute atomic E-state index is 0.0323. The predicted molar refractivity (Wildman–Crippen MR) is 601 cm³/mol. The van der Waals surface area contributed by atoms with Crippen LogP contribution in [0.1, 0.15) is 262 Å². The second kappa shape index (κ2) is 61.1. The average molecular weight is 1940 g/mol. The molecular formula is C107H223N27O3. The van der Waals surface area contributed by atoms with Gasteiger partial charge >= 0.3 is 6.03 Å². The monoisotopic (exact) mass is 1930 g/mol. The Bertz CT molecular complexity index is 3740. The third kappa shape index (κ3) is 73.9. The number of nitrogens with zero attached hydrogens (tertiary/aromatic N) is 27. The van der Waals surface area contributed by atoms with Crippen LogP contribution in [-0.2, 0) is 9.59 Å². The molecular weight excluding hydrogens is 1710 g/mol. The van der Waals surface area contributed by atoms with Crippen molar-refractivity contribution >= 4 is 71.0 Å². The van der Waals surface area contributed by atoms with Crippen molar-refractivity contribution in [2.24, 2.45) is 105 Å². The number of guanidine groups is 4. The van der Waals surface area contributed by atoms with E-state index in [0.29, 0.717) is 55.7 Å². The summed E-state index contributed by atoms with van der Waals surface area (Å²) in [6.07, 6.45) is 5.67. The minimum atomic E-state index is 0.0323. The topological polar surface area (TPSA) is 231 Å². The van der Waals surface area contributed by atoms with Gasteiger partial charge in [0.15, 0.2) is 23.7 Å². The number of aromatic nitrogens is 2. The molecule has 5 aliphatic heterocycles. The van der Waals surface area contributed by atoms with Gasteiger partial charge in [-0.1, -0.05) is 242 Å². The number of amides is 4. The highest BCUT2D eigenvalue weighted by molar-refractivity contribution is 6.37. The van der Waals surface area contributed by atoms with E-state index >= 15 is 0 Å². The van der Waals surface area contributed by atoms with Gasteiger partial charge in [-0.15, -0.1) is 0 Å². The Morgan fingerprint density at radius 1 is 0.394 bits per heavy atom. The van der Waals surface area contributed by atoms with Gasteiger partial charge in [-0.3, -0.25) is 49.4 Å². The third-order valence-electron chi connectivity index (χ3n) is 19.4. The van der Waals surface area contributed by atoms with Crippen molar-refractivity contribution in [3.63, 3.8) is 0 Å². The maximum Gasteiger partial charge on any atom is 0.319 e. The molecule has 4 amide bonds. The standard InChI is InChI=1S/C13H27N3.C11H21N3O.C10H19N3O.C10H21N3.C10H17N3.C10H23N3.C9H20N2O.C9H18N2.2C9H20N2.C7H17N/c1-12(2,3)9-15(6)11-14-8-13(4,5)10-16(11)7;1-11(2,3)8-14(5)10(15)9-12-6-7-13(9)4;1-10(2,3)7-12(4)9-11-6-8(14)13(9)5;1-10(2,3)8-13(5)9-11-6-7-12(9)4;1-10(2,3)8-13(4)9-11-6-5-7-12-9;1-10(2,3)8-13(7)9(11-4)12(5)6;1-9(2,3)7-11(6)8(12)10(4)5;1-9(2,3)7-8-10-5-6-11(8)4;1-9(2,3)7-8(10-4)11(5)6;1-8(11(5)6)10-7-9(2,3)4;1-7(2,3)6-8(4)5/h8-10H2,1-7H3;6-8H2,1-5H3;6-7H2,1-5H3;6-8H2,1-5H3;5-7H,8H2,1-4H3;8H2,1-7H3;7H2,1-6H3;5-7H2,1-4H3;2*7H2,1-6H3;6H2,1-5H3. The number of urea groups is 1. The first-order valence-corrected chi connectivity index (χ1v) is 49.7. The molecule has 137 heavy (non-hydrogen) atoms. The molecule has 804 valence electrons. The molecule has 0 saturated heterocycles. The fourth-order valence-corrected chi connectivity index (χ4v) is 14.9. The number of rotatable bonds is 13. The fourth-order valence-electron chi connectivity index (χ4n) is 14.9. The Morgan fingerprint density at radius 2 is 0.781 bits per heavy atom. The lowest BCUT2D eigenvalue weighted by Crippen LogP contribution is -2.50. The van der Waals surface area contributed by atoms with Crippen LogP contribution in [-0.4, -0.2) is 440 Å². The summed E-state index contributed by atoms with van der Waals surface area (Å²) in [5, 5.41) is 0. The molecule has 0 spiro atoms. The molecule has 0 bridgehead atoms. The van der Waals surface area contributed by atoms with Crippen molar-refractivity contribution in [3.8, 4) is 0 Å². The van der Waals surface area contributed by atoms with Gasteiger partial charge in [0.25, 0.3) is 11.8 Å². The minimum Gasteiger partial charge on any atom is -0.367 e. The largest absolute Gasteiger partial charge is 0.367 e. The van der Waals surface area contributed by atoms with Crippen molar-refractivity contribution in [2.45, 2.75) is 262 Å². The van der Waals surface area contributed by atoms with Crippen molar-refractivity contribution in [1.82, 2.24) is 88.4 Å². The molecule has 0 radical (unpaired) electrons. The summed E-state index contributed by atoms with van der Waals surface area (Å²) in [5.74, 6) is 9.10. The smallest absolute Gasteiger partial charge is 0.319 e. The second-order valence-electron chi connectivity index (χ2n) is 53.1. The second-order valence-corrected chi connectivity index (χ2v) is 53.1. The van der Waals surface area contributed by atoms with E-state index in [1.807, 2.05) is 124 Å². The maximum absolute atomic E-state index is 12.0. The van der Waals surface area contributed by atoms with E-state index < -0.39 is 0 Å². The highest BCUT2D eigenvalue weighted by Crippen LogP contribution is 2.27. The SMILES string of the molecule is CC(=NCC(C)(C)C)N(C)C.CN(C)C(=O)N(C)CC(C)(C)C.CN(C)CC(C)(C)C.CN(CC(C)(C)C)C(=O)C1=NCCN1C.CN(CC(C)(C)C)C1=NCC(=O)N1C.CN(CC(C)(C)C)C1=NCC(C)(C)CN1C.CN(CC(C)(C)C)c1ncccn1.CN1CCN=C1CC(C)(C)C.CN1CCN=C1N(C)CC(C)(C)C.CN=C(CC(C)(C)C)N(C)C.CN=C(N(C)C)N(C)CC(C)(C)C. The van der Waals surface area contributed by atoms with Crippen LogP contribution in [0.25, 0.3) is 0 Å². The van der Waals surface area contributed by atoms with Crippen LogP contribution in [0.3, 0.4) is 0 Å². The number of hydrogen-bond acceptors (Lipinski definition) is 22. The van der Waals surface area contributed by atoms with Gasteiger partial charge in [-0.2, -0.15) is 0 Å². The average Bonchev–Trinajstić information content (AvgIpc) is 1.49. The van der Waals surface area contributed by atoms with Crippen LogP contribution in [0, 0.1) is 65.0 Å².